The first-order valence-corrected chi connectivity index (χ1v) is 5.18. The Bertz CT molecular complexity index is 472. The molecule has 10 heteroatoms. The van der Waals surface area contributed by atoms with E-state index in [0.29, 0.717) is 4.68 Å². The molecular weight excluding hydrogens is 269 g/mol. The molecule has 0 spiro atoms. The van der Waals surface area contributed by atoms with E-state index in [1.165, 1.54) is 6.92 Å². The van der Waals surface area contributed by atoms with Gasteiger partial charge in [0.15, 0.2) is 5.69 Å². The maximum absolute atomic E-state index is 12.7. The summed E-state index contributed by atoms with van der Waals surface area (Å²) in [5.74, 6) is -1.78. The third kappa shape index (κ3) is 3.93. The molecule has 0 saturated heterocycles. The fourth-order valence-electron chi connectivity index (χ4n) is 1.19. The predicted octanol–water partition coefficient (Wildman–Crippen LogP) is 0.652. The molecule has 1 aromatic heterocycles. The van der Waals surface area contributed by atoms with Gasteiger partial charge in [-0.3, -0.25) is 4.79 Å². The lowest BCUT2D eigenvalue weighted by atomic mass is 10.4. The highest BCUT2D eigenvalue weighted by Gasteiger charge is 2.43. The van der Waals surface area contributed by atoms with Gasteiger partial charge in [-0.1, -0.05) is 5.21 Å². The van der Waals surface area contributed by atoms with Crippen LogP contribution in [-0.4, -0.2) is 39.7 Å². The van der Waals surface area contributed by atoms with Crippen LogP contribution in [0.1, 0.15) is 30.5 Å². The molecule has 1 unspecified atom stereocenters. The molecule has 7 nitrogen and oxygen atoms in total. The number of carbonyl (C=O) groups is 2. The van der Waals surface area contributed by atoms with Crippen LogP contribution in [0.3, 0.4) is 0 Å². The van der Waals surface area contributed by atoms with E-state index in [2.05, 4.69) is 15.0 Å². The molecule has 19 heavy (non-hydrogen) atoms. The molecule has 0 radical (unpaired) electrons. The average molecular weight is 280 g/mol. The monoisotopic (exact) mass is 280 g/mol. The van der Waals surface area contributed by atoms with Crippen LogP contribution < -0.4 is 5.32 Å². The summed E-state index contributed by atoms with van der Waals surface area (Å²) in [6.45, 7) is 2.53. The van der Waals surface area contributed by atoms with Gasteiger partial charge >= 0.3 is 12.1 Å². The van der Waals surface area contributed by atoms with Crippen molar-refractivity contribution in [1.29, 1.82) is 0 Å². The number of alkyl halides is 3. The Morgan fingerprint density at radius 2 is 2.16 bits per heavy atom. The SMILES string of the molecule is CCOC(=O)c1cn(C(NC(C)=O)C(F)(F)F)nn1. The highest BCUT2D eigenvalue weighted by molar-refractivity contribution is 5.86. The van der Waals surface area contributed by atoms with E-state index in [4.69, 9.17) is 0 Å². The van der Waals surface area contributed by atoms with Crippen molar-refractivity contribution in [3.63, 3.8) is 0 Å². The minimum Gasteiger partial charge on any atom is -0.461 e. The number of rotatable bonds is 4. The summed E-state index contributed by atoms with van der Waals surface area (Å²) in [6.07, 6.45) is -6.40. The van der Waals surface area contributed by atoms with Gasteiger partial charge in [0, 0.05) is 6.92 Å². The predicted molar refractivity (Wildman–Crippen MR) is 54.9 cm³/mol. The zero-order valence-corrected chi connectivity index (χ0v) is 10.1. The minimum atomic E-state index is -4.77. The van der Waals surface area contributed by atoms with E-state index >= 15 is 0 Å². The number of aromatic nitrogens is 3. The number of ether oxygens (including phenoxy) is 1. The number of esters is 1. The topological polar surface area (TPSA) is 86.1 Å². The maximum Gasteiger partial charge on any atom is 0.429 e. The van der Waals surface area contributed by atoms with Gasteiger partial charge in [0.2, 0.25) is 12.1 Å². The molecule has 0 aliphatic carbocycles. The molecule has 0 aromatic carbocycles. The quantitative estimate of drug-likeness (QED) is 0.818. The Hall–Kier alpha value is -2.13. The fourth-order valence-corrected chi connectivity index (χ4v) is 1.19. The summed E-state index contributed by atoms with van der Waals surface area (Å²) in [6, 6.07) is 0. The molecule has 0 fully saturated rings. The molecule has 0 bridgehead atoms. The van der Waals surface area contributed by atoms with E-state index in [9.17, 15) is 22.8 Å². The highest BCUT2D eigenvalue weighted by Crippen LogP contribution is 2.27. The van der Waals surface area contributed by atoms with Crippen molar-refractivity contribution in [2.45, 2.75) is 26.2 Å². The van der Waals surface area contributed by atoms with Gasteiger partial charge in [-0.05, 0) is 6.92 Å². The van der Waals surface area contributed by atoms with Crippen molar-refractivity contribution in [2.24, 2.45) is 0 Å². The van der Waals surface area contributed by atoms with Crippen molar-refractivity contribution >= 4 is 11.9 Å². The molecule has 0 saturated carbocycles. The van der Waals surface area contributed by atoms with Crippen molar-refractivity contribution in [1.82, 2.24) is 20.3 Å². The molecule has 106 valence electrons. The number of hydrogen-bond acceptors (Lipinski definition) is 5. The summed E-state index contributed by atoms with van der Waals surface area (Å²) in [5.41, 5.74) is -0.374. The standard InChI is InChI=1S/C9H11F3N4O3/c1-3-19-7(18)6-4-16(15-14-6)8(9(10,11)12)13-5(2)17/h4,8H,3H2,1-2H3,(H,13,17). The van der Waals surface area contributed by atoms with Crippen molar-refractivity contribution in [2.75, 3.05) is 6.61 Å². The van der Waals surface area contributed by atoms with Gasteiger partial charge in [0.25, 0.3) is 0 Å². The van der Waals surface area contributed by atoms with Gasteiger partial charge in [0.1, 0.15) is 0 Å². The number of nitrogens with zero attached hydrogens (tertiary/aromatic N) is 3. The van der Waals surface area contributed by atoms with Gasteiger partial charge < -0.3 is 10.1 Å². The number of hydrogen-bond donors (Lipinski definition) is 1. The smallest absolute Gasteiger partial charge is 0.429 e. The first-order valence-electron chi connectivity index (χ1n) is 5.18. The number of carbonyl (C=O) groups excluding carboxylic acids is 2. The molecule has 1 heterocycles. The zero-order chi connectivity index (χ0) is 14.6. The van der Waals surface area contributed by atoms with Crippen LogP contribution in [0.2, 0.25) is 0 Å². The second-order valence-corrected chi connectivity index (χ2v) is 3.45. The first kappa shape index (κ1) is 14.9. The number of amides is 1. The van der Waals surface area contributed by atoms with E-state index in [1.807, 2.05) is 0 Å². The first-order chi connectivity index (χ1) is 8.75. The van der Waals surface area contributed by atoms with Gasteiger partial charge in [0.05, 0.1) is 12.8 Å². The Balaban J connectivity index is 2.98. The lowest BCUT2D eigenvalue weighted by molar-refractivity contribution is -0.181. The Labute approximate surface area is 105 Å². The van der Waals surface area contributed by atoms with E-state index < -0.39 is 24.2 Å². The molecule has 1 aromatic rings. The largest absolute Gasteiger partial charge is 0.461 e. The van der Waals surface area contributed by atoms with Crippen molar-refractivity contribution in [3.8, 4) is 0 Å². The zero-order valence-electron chi connectivity index (χ0n) is 10.1. The van der Waals surface area contributed by atoms with Gasteiger partial charge in [-0.2, -0.15) is 13.2 Å². The van der Waals surface area contributed by atoms with Crippen LogP contribution >= 0.6 is 0 Å². The number of nitrogens with one attached hydrogen (secondary N) is 1. The third-order valence-electron chi connectivity index (χ3n) is 1.91. The lowest BCUT2D eigenvalue weighted by Gasteiger charge is -2.20. The van der Waals surface area contributed by atoms with Crippen LogP contribution in [-0.2, 0) is 9.53 Å². The van der Waals surface area contributed by atoms with Gasteiger partial charge in [-0.15, -0.1) is 5.10 Å². The highest BCUT2D eigenvalue weighted by atomic mass is 19.4. The summed E-state index contributed by atoms with van der Waals surface area (Å²) < 4.78 is 43.0. The number of halogens is 3. The van der Waals surface area contributed by atoms with Crippen LogP contribution in [0.4, 0.5) is 13.2 Å². The fraction of sp³-hybridized carbons (Fsp3) is 0.556. The Morgan fingerprint density at radius 1 is 1.53 bits per heavy atom. The third-order valence-corrected chi connectivity index (χ3v) is 1.91. The second-order valence-electron chi connectivity index (χ2n) is 3.45. The maximum atomic E-state index is 12.7. The normalized spacial score (nSPS) is 12.9. The second kappa shape index (κ2) is 5.67. The van der Waals surface area contributed by atoms with E-state index in [0.717, 1.165) is 13.1 Å². The van der Waals surface area contributed by atoms with Crippen molar-refractivity contribution < 1.29 is 27.5 Å². The molecule has 1 N–H and O–H groups in total. The summed E-state index contributed by atoms with van der Waals surface area (Å²) in [5, 5.41) is 8.10. The minimum absolute atomic E-state index is 0.0556. The summed E-state index contributed by atoms with van der Waals surface area (Å²) >= 11 is 0. The van der Waals surface area contributed by atoms with Crippen LogP contribution in [0.15, 0.2) is 6.20 Å². The molecule has 0 aliphatic heterocycles. The average Bonchev–Trinajstić information content (AvgIpc) is 2.73. The molecular formula is C9H11F3N4O3. The molecule has 1 amide bonds. The van der Waals surface area contributed by atoms with Gasteiger partial charge in [-0.25, -0.2) is 9.48 Å². The van der Waals surface area contributed by atoms with E-state index in [1.54, 1.807) is 5.32 Å². The van der Waals surface area contributed by atoms with Crippen LogP contribution in [0.5, 0.6) is 0 Å². The van der Waals surface area contributed by atoms with E-state index in [-0.39, 0.29) is 12.3 Å². The van der Waals surface area contributed by atoms with Crippen LogP contribution in [0, 0.1) is 0 Å². The Kier molecular flexibility index (Phi) is 4.46. The lowest BCUT2D eigenvalue weighted by Crippen LogP contribution is -2.41. The summed E-state index contributed by atoms with van der Waals surface area (Å²) in [4.78, 5) is 22.0. The molecule has 1 rings (SSSR count). The molecule has 0 aliphatic rings. The Morgan fingerprint density at radius 3 is 2.63 bits per heavy atom. The molecule has 1 atom stereocenters. The van der Waals surface area contributed by atoms with Crippen molar-refractivity contribution in [3.05, 3.63) is 11.9 Å². The summed E-state index contributed by atoms with van der Waals surface area (Å²) in [7, 11) is 0. The van der Waals surface area contributed by atoms with Crippen LogP contribution in [0.25, 0.3) is 0 Å².